The molecule has 0 aromatic carbocycles. The third-order valence-corrected chi connectivity index (χ3v) is 6.74. The summed E-state index contributed by atoms with van der Waals surface area (Å²) >= 11 is 0. The van der Waals surface area contributed by atoms with Crippen molar-refractivity contribution in [1.29, 1.82) is 0 Å². The molecule has 0 fully saturated rings. The first-order valence-electron chi connectivity index (χ1n) is 9.82. The number of carbonyl (C=O) groups is 1. The molecule has 2 aromatic rings. The normalized spacial score (nSPS) is 18.4. The van der Waals surface area contributed by atoms with Crippen LogP contribution in [-0.4, -0.2) is 41.3 Å². The highest BCUT2D eigenvalue weighted by molar-refractivity contribution is 8.22. The van der Waals surface area contributed by atoms with Gasteiger partial charge in [-0.2, -0.15) is 21.2 Å². The number of aromatic nitrogens is 6. The number of aromatic amines is 1. The number of unbranched alkanes of at least 4 members (excludes halogenated alkanes) is 5. The Bertz CT molecular complexity index is 814. The Morgan fingerprint density at radius 2 is 2.11 bits per heavy atom. The molecule has 0 saturated heterocycles. The molecule has 0 spiro atoms. The number of H-pyrrole nitrogens is 1. The first-order valence-corrected chi connectivity index (χ1v) is 11.3. The first-order chi connectivity index (χ1) is 13.7. The van der Waals surface area contributed by atoms with Gasteiger partial charge in [0.25, 0.3) is 0 Å². The zero-order chi connectivity index (χ0) is 19.8. The zero-order valence-corrected chi connectivity index (χ0v) is 17.1. The van der Waals surface area contributed by atoms with E-state index in [-0.39, 0.29) is 12.4 Å². The molecule has 0 bridgehead atoms. The number of aliphatic hydroxyl groups excluding tert-OH is 1. The third-order valence-electron chi connectivity index (χ3n) is 4.75. The van der Waals surface area contributed by atoms with Gasteiger partial charge in [-0.1, -0.05) is 50.3 Å². The highest BCUT2D eigenvalue weighted by Crippen LogP contribution is 2.44. The SMILES string of the molecule is CCCCCCCCC1=C[SH](c2ccnn2CC(=O)C(O)c2nn[nH]n2)C=C1. The van der Waals surface area contributed by atoms with Crippen molar-refractivity contribution in [1.82, 2.24) is 30.4 Å². The zero-order valence-electron chi connectivity index (χ0n) is 16.2. The fourth-order valence-corrected chi connectivity index (χ4v) is 5.09. The Balaban J connectivity index is 1.53. The van der Waals surface area contributed by atoms with Crippen molar-refractivity contribution >= 4 is 16.7 Å². The molecule has 8 nitrogen and oxygen atoms in total. The first kappa shape index (κ1) is 20.5. The molecule has 2 unspecified atom stereocenters. The number of tetrazole rings is 1. The van der Waals surface area contributed by atoms with Crippen molar-refractivity contribution in [3.63, 3.8) is 0 Å². The Labute approximate surface area is 167 Å². The minimum absolute atomic E-state index is 0.0219. The maximum atomic E-state index is 12.3. The van der Waals surface area contributed by atoms with Crippen LogP contribution in [-0.2, 0) is 11.3 Å². The van der Waals surface area contributed by atoms with Gasteiger partial charge >= 0.3 is 0 Å². The van der Waals surface area contributed by atoms with Crippen LogP contribution in [0.4, 0.5) is 0 Å². The molecule has 0 amide bonds. The van der Waals surface area contributed by atoms with Crippen LogP contribution in [0.2, 0.25) is 0 Å². The van der Waals surface area contributed by atoms with Crippen LogP contribution < -0.4 is 0 Å². The van der Waals surface area contributed by atoms with Crippen molar-refractivity contribution in [3.05, 3.63) is 40.6 Å². The summed E-state index contributed by atoms with van der Waals surface area (Å²) in [5.41, 5.74) is 1.37. The number of nitrogens with one attached hydrogen (secondary N) is 1. The number of allylic oxidation sites excluding steroid dienone is 2. The predicted octanol–water partition coefficient (Wildman–Crippen LogP) is 3.22. The highest BCUT2D eigenvalue weighted by Gasteiger charge is 2.23. The minimum atomic E-state index is -1.40. The van der Waals surface area contributed by atoms with Gasteiger partial charge in [0.1, 0.15) is 6.54 Å². The lowest BCUT2D eigenvalue weighted by Crippen LogP contribution is -2.20. The van der Waals surface area contributed by atoms with Crippen molar-refractivity contribution in [3.8, 4) is 0 Å². The monoisotopic (exact) mass is 404 g/mol. The van der Waals surface area contributed by atoms with E-state index in [1.807, 2.05) is 6.07 Å². The second kappa shape index (κ2) is 10.3. The van der Waals surface area contributed by atoms with E-state index in [4.69, 9.17) is 0 Å². The molecule has 0 radical (unpaired) electrons. The number of hydrogen-bond donors (Lipinski definition) is 3. The number of Topliss-reactive ketones (excluding diaryl/α,β-unsaturated/α-hetero) is 1. The smallest absolute Gasteiger partial charge is 0.210 e. The Hall–Kier alpha value is -2.26. The molecule has 2 atom stereocenters. The molecule has 1 aliphatic rings. The summed E-state index contributed by atoms with van der Waals surface area (Å²) in [6.45, 7) is 2.21. The van der Waals surface area contributed by atoms with Crippen LogP contribution in [0.5, 0.6) is 0 Å². The molecular formula is C19H28N6O2S. The van der Waals surface area contributed by atoms with Gasteiger partial charge in [-0.05, 0) is 35.3 Å². The van der Waals surface area contributed by atoms with Crippen LogP contribution in [0, 0.1) is 0 Å². The van der Waals surface area contributed by atoms with E-state index in [0.717, 1.165) is 11.4 Å². The number of aliphatic hydroxyl groups is 1. The third kappa shape index (κ3) is 5.39. The number of hydrogen-bond acceptors (Lipinski definition) is 6. The summed E-state index contributed by atoms with van der Waals surface area (Å²) in [5, 5.41) is 32.8. The molecule has 0 aliphatic carbocycles. The average Bonchev–Trinajstić information content (AvgIpc) is 3.45. The molecule has 2 N–H and O–H groups in total. The fraction of sp³-hybridized carbons (Fsp3) is 0.526. The van der Waals surface area contributed by atoms with Gasteiger partial charge in [0, 0.05) is 0 Å². The summed E-state index contributed by atoms with van der Waals surface area (Å²) in [6, 6.07) is 1.94. The molecule has 28 heavy (non-hydrogen) atoms. The van der Waals surface area contributed by atoms with E-state index < -0.39 is 22.8 Å². The number of thiol groups is 1. The predicted molar refractivity (Wildman–Crippen MR) is 109 cm³/mol. The lowest BCUT2D eigenvalue weighted by Gasteiger charge is -2.14. The summed E-state index contributed by atoms with van der Waals surface area (Å²) in [6.07, 6.45) is 11.4. The number of carbonyl (C=O) groups excluding carboxylic acids is 1. The van der Waals surface area contributed by atoms with Gasteiger partial charge in [0.2, 0.25) is 5.82 Å². The van der Waals surface area contributed by atoms with Crippen molar-refractivity contribution in [2.24, 2.45) is 0 Å². The van der Waals surface area contributed by atoms with E-state index in [1.54, 1.807) is 10.9 Å². The lowest BCUT2D eigenvalue weighted by molar-refractivity contribution is -0.128. The van der Waals surface area contributed by atoms with Gasteiger partial charge in [-0.15, -0.1) is 10.2 Å². The lowest BCUT2D eigenvalue weighted by atomic mass is 10.1. The second-order valence-electron chi connectivity index (χ2n) is 6.93. The van der Waals surface area contributed by atoms with Crippen LogP contribution in [0.25, 0.3) is 0 Å². The van der Waals surface area contributed by atoms with E-state index in [1.165, 1.54) is 44.1 Å². The number of ketones is 1. The summed E-state index contributed by atoms with van der Waals surface area (Å²) < 4.78 is 1.66. The van der Waals surface area contributed by atoms with Gasteiger partial charge < -0.3 is 5.11 Å². The molecule has 1 aliphatic heterocycles. The average molecular weight is 405 g/mol. The highest BCUT2D eigenvalue weighted by atomic mass is 32.2. The molecule has 2 aromatic heterocycles. The molecule has 3 heterocycles. The van der Waals surface area contributed by atoms with Crippen LogP contribution in [0.1, 0.15) is 63.8 Å². The van der Waals surface area contributed by atoms with Gasteiger partial charge in [0.05, 0.1) is 11.2 Å². The largest absolute Gasteiger partial charge is 0.377 e. The van der Waals surface area contributed by atoms with Crippen molar-refractivity contribution in [2.45, 2.75) is 69.5 Å². The topological polar surface area (TPSA) is 110 Å². The summed E-state index contributed by atoms with van der Waals surface area (Å²) in [7, 11) is -0.614. The number of rotatable bonds is 12. The molecule has 152 valence electrons. The fourth-order valence-electron chi connectivity index (χ4n) is 3.17. The Morgan fingerprint density at radius 1 is 1.29 bits per heavy atom. The molecule has 0 saturated carbocycles. The van der Waals surface area contributed by atoms with Crippen molar-refractivity contribution in [2.75, 3.05) is 0 Å². The quantitative estimate of drug-likeness (QED) is 0.370. The Morgan fingerprint density at radius 3 is 2.89 bits per heavy atom. The van der Waals surface area contributed by atoms with Crippen LogP contribution >= 0.6 is 10.9 Å². The van der Waals surface area contributed by atoms with E-state index in [2.05, 4.69) is 49.5 Å². The Kier molecular flexibility index (Phi) is 7.55. The minimum Gasteiger partial charge on any atom is -0.377 e. The molecule has 3 rings (SSSR count). The maximum absolute atomic E-state index is 12.3. The standard InChI is InChI=1S/C19H28N6O2S/c1-2-3-4-5-6-7-8-15-10-12-28(14-15)17-9-11-20-25(17)13-16(26)18(27)19-21-23-24-22-19/h9-12,14,18,27-28H,2-8,13H2,1H3,(H,21,22,23,24). The molecule has 9 heteroatoms. The summed E-state index contributed by atoms with van der Waals surface area (Å²) in [4.78, 5) is 12.3. The van der Waals surface area contributed by atoms with Gasteiger partial charge in [-0.25, -0.2) is 0 Å². The van der Waals surface area contributed by atoms with Crippen LogP contribution in [0.3, 0.4) is 0 Å². The second-order valence-corrected chi connectivity index (χ2v) is 8.76. The number of nitrogens with zero attached hydrogens (tertiary/aromatic N) is 5. The van der Waals surface area contributed by atoms with Crippen LogP contribution in [0.15, 0.2) is 39.8 Å². The maximum Gasteiger partial charge on any atom is 0.210 e. The molecular weight excluding hydrogens is 376 g/mol. The van der Waals surface area contributed by atoms with E-state index >= 15 is 0 Å². The van der Waals surface area contributed by atoms with E-state index in [0.29, 0.717) is 0 Å². The van der Waals surface area contributed by atoms with Gasteiger partial charge in [-0.3, -0.25) is 9.48 Å². The summed E-state index contributed by atoms with van der Waals surface area (Å²) in [5.74, 6) is -0.438. The van der Waals surface area contributed by atoms with Crippen molar-refractivity contribution < 1.29 is 9.90 Å². The van der Waals surface area contributed by atoms with E-state index in [9.17, 15) is 9.90 Å². The van der Waals surface area contributed by atoms with Gasteiger partial charge in [0.15, 0.2) is 11.9 Å².